The molecule has 9 heteroatoms. The molecule has 1 aromatic carbocycles. The summed E-state index contributed by atoms with van der Waals surface area (Å²) in [6, 6.07) is 6.66. The highest BCUT2D eigenvalue weighted by Crippen LogP contribution is 2.51. The average molecular weight is 482 g/mol. The number of anilines is 2. The Morgan fingerprint density at radius 1 is 1.21 bits per heavy atom. The molecule has 2 fully saturated rings. The van der Waals surface area contributed by atoms with Crippen molar-refractivity contribution in [2.24, 2.45) is 11.3 Å². The number of carboxylic acid groups (broad SMARTS) is 1. The van der Waals surface area contributed by atoms with Crippen LogP contribution in [0.25, 0.3) is 10.4 Å². The number of aliphatic carboxylic acids is 1. The molecular formula is C25H31N5O3S. The van der Waals surface area contributed by atoms with E-state index < -0.39 is 22.9 Å². The van der Waals surface area contributed by atoms with Crippen LogP contribution in [-0.2, 0) is 10.4 Å². The monoisotopic (exact) mass is 481 g/mol. The van der Waals surface area contributed by atoms with Crippen LogP contribution in [0.3, 0.4) is 0 Å². The van der Waals surface area contributed by atoms with Gasteiger partial charge in [-0.3, -0.25) is 4.79 Å². The molecule has 2 saturated carbocycles. The summed E-state index contributed by atoms with van der Waals surface area (Å²) in [4.78, 5) is 21.6. The maximum Gasteiger partial charge on any atom is 0.307 e. The molecule has 2 heterocycles. The predicted octanol–water partition coefficient (Wildman–Crippen LogP) is 5.28. The van der Waals surface area contributed by atoms with Gasteiger partial charge in [-0.25, -0.2) is 14.6 Å². The van der Waals surface area contributed by atoms with E-state index in [1.165, 1.54) is 17.8 Å². The van der Waals surface area contributed by atoms with Crippen molar-refractivity contribution < 1.29 is 15.0 Å². The fourth-order valence-corrected chi connectivity index (χ4v) is 6.31. The number of benzene rings is 1. The van der Waals surface area contributed by atoms with E-state index in [4.69, 9.17) is 0 Å². The zero-order valence-corrected chi connectivity index (χ0v) is 20.6. The van der Waals surface area contributed by atoms with E-state index in [0.717, 1.165) is 34.5 Å². The van der Waals surface area contributed by atoms with Crippen molar-refractivity contribution >= 4 is 28.9 Å². The number of thiazole rings is 1. The second kappa shape index (κ2) is 8.46. The topological polar surface area (TPSA) is 113 Å². The second-order valence-corrected chi connectivity index (χ2v) is 11.5. The molecule has 2 aliphatic rings. The highest BCUT2D eigenvalue weighted by Gasteiger charge is 2.49. The molecule has 34 heavy (non-hydrogen) atoms. The van der Waals surface area contributed by atoms with Crippen molar-refractivity contribution in [3.05, 3.63) is 41.3 Å². The molecule has 2 aromatic heterocycles. The van der Waals surface area contributed by atoms with Crippen molar-refractivity contribution in [2.75, 3.05) is 5.32 Å². The predicted molar refractivity (Wildman–Crippen MR) is 131 cm³/mol. The van der Waals surface area contributed by atoms with E-state index in [0.29, 0.717) is 36.3 Å². The molecule has 2 aliphatic carbocycles. The van der Waals surface area contributed by atoms with Crippen LogP contribution in [0.2, 0.25) is 0 Å². The molecular weight excluding hydrogens is 450 g/mol. The molecule has 0 amide bonds. The van der Waals surface area contributed by atoms with Gasteiger partial charge in [0.1, 0.15) is 16.9 Å². The van der Waals surface area contributed by atoms with Gasteiger partial charge < -0.3 is 15.5 Å². The maximum absolute atomic E-state index is 11.6. The lowest BCUT2D eigenvalue weighted by atomic mass is 9.63. The summed E-state index contributed by atoms with van der Waals surface area (Å²) in [7, 11) is 0. The largest absolute Gasteiger partial charge is 0.481 e. The lowest BCUT2D eigenvalue weighted by molar-refractivity contribution is -0.154. The summed E-state index contributed by atoms with van der Waals surface area (Å²) in [6.45, 7) is 5.88. The van der Waals surface area contributed by atoms with E-state index >= 15 is 0 Å². The quantitative estimate of drug-likeness (QED) is 0.439. The van der Waals surface area contributed by atoms with Gasteiger partial charge in [0.25, 0.3) is 0 Å². The summed E-state index contributed by atoms with van der Waals surface area (Å²) in [5, 5.41) is 29.5. The molecule has 0 radical (unpaired) electrons. The Morgan fingerprint density at radius 3 is 2.68 bits per heavy atom. The van der Waals surface area contributed by atoms with E-state index in [1.807, 2.05) is 31.5 Å². The first kappa shape index (κ1) is 23.0. The molecule has 0 saturated heterocycles. The van der Waals surface area contributed by atoms with Crippen LogP contribution < -0.4 is 5.32 Å². The highest BCUT2D eigenvalue weighted by molar-refractivity contribution is 7.15. The molecule has 180 valence electrons. The van der Waals surface area contributed by atoms with Crippen LogP contribution >= 0.6 is 11.3 Å². The van der Waals surface area contributed by atoms with Gasteiger partial charge in [-0.05, 0) is 74.1 Å². The third kappa shape index (κ3) is 4.34. The molecule has 8 nitrogen and oxygen atoms in total. The van der Waals surface area contributed by atoms with Gasteiger partial charge in [0.15, 0.2) is 0 Å². The van der Waals surface area contributed by atoms with Crippen LogP contribution in [0, 0.1) is 18.3 Å². The van der Waals surface area contributed by atoms with Gasteiger partial charge in [-0.15, -0.1) is 16.4 Å². The maximum atomic E-state index is 11.6. The SMILES string of the molecule is Cc1cc(Nc2ncn(C3CCC3)n2)cc(-c2cnc([C@]3(O)CC[C@@H](C(=O)O)C(C)(C)C3)s2)c1. The summed E-state index contributed by atoms with van der Waals surface area (Å²) in [6.07, 6.45) is 8.37. The van der Waals surface area contributed by atoms with E-state index in [2.05, 4.69) is 32.5 Å². The number of hydrogen-bond donors (Lipinski definition) is 3. The van der Waals surface area contributed by atoms with Crippen LogP contribution in [-0.4, -0.2) is 35.9 Å². The molecule has 3 aromatic rings. The second-order valence-electron chi connectivity index (χ2n) is 10.5. The number of hydrogen-bond acceptors (Lipinski definition) is 7. The van der Waals surface area contributed by atoms with Gasteiger partial charge in [0.05, 0.1) is 16.8 Å². The number of nitrogens with zero attached hydrogens (tertiary/aromatic N) is 4. The van der Waals surface area contributed by atoms with Crippen molar-refractivity contribution in [2.45, 2.75) is 70.9 Å². The number of aliphatic hydroxyl groups is 1. The van der Waals surface area contributed by atoms with Crippen LogP contribution in [0.1, 0.15) is 69.0 Å². The number of carbonyl (C=O) groups is 1. The number of aryl methyl sites for hydroxylation is 1. The molecule has 0 unspecified atom stereocenters. The van der Waals surface area contributed by atoms with Gasteiger partial charge in [0.2, 0.25) is 5.95 Å². The van der Waals surface area contributed by atoms with Gasteiger partial charge in [-0.1, -0.05) is 19.9 Å². The Bertz CT molecular complexity index is 1210. The number of nitrogens with one attached hydrogen (secondary N) is 1. The number of aromatic nitrogens is 4. The standard InChI is InChI=1S/C25H31N5O3S/c1-15-9-16(11-17(10-15)28-23-27-14-30(29-23)18-5-4-6-18)20-12-26-22(34-20)25(33)8-7-19(21(31)32)24(2,3)13-25/h9-12,14,18-19,33H,4-8,13H2,1-3H3,(H,28,29)(H,31,32)/t19-,25-/m0/s1. The third-order valence-electron chi connectivity index (χ3n) is 7.32. The lowest BCUT2D eigenvalue weighted by Gasteiger charge is -2.44. The summed E-state index contributed by atoms with van der Waals surface area (Å²) in [5.41, 5.74) is 1.38. The number of carboxylic acids is 1. The summed E-state index contributed by atoms with van der Waals surface area (Å²) in [5.74, 6) is -0.669. The average Bonchev–Trinajstić information content (AvgIpc) is 3.35. The van der Waals surface area contributed by atoms with Crippen LogP contribution in [0.5, 0.6) is 0 Å². The highest BCUT2D eigenvalue weighted by atomic mass is 32.1. The first-order valence-corrected chi connectivity index (χ1v) is 12.7. The lowest BCUT2D eigenvalue weighted by Crippen LogP contribution is -2.44. The van der Waals surface area contributed by atoms with Crippen LogP contribution in [0.15, 0.2) is 30.7 Å². The Kier molecular flexibility index (Phi) is 5.72. The van der Waals surface area contributed by atoms with Crippen molar-refractivity contribution in [1.82, 2.24) is 19.7 Å². The van der Waals surface area contributed by atoms with Crippen molar-refractivity contribution in [1.29, 1.82) is 0 Å². The molecule has 2 atom stereocenters. The Balaban J connectivity index is 1.36. The zero-order chi connectivity index (χ0) is 24.1. The van der Waals surface area contributed by atoms with E-state index in [9.17, 15) is 15.0 Å². The van der Waals surface area contributed by atoms with Gasteiger partial charge in [0, 0.05) is 11.9 Å². The Hall–Kier alpha value is -2.78. The molecule has 5 rings (SSSR count). The van der Waals surface area contributed by atoms with Gasteiger partial charge in [-0.2, -0.15) is 0 Å². The third-order valence-corrected chi connectivity index (χ3v) is 8.55. The van der Waals surface area contributed by atoms with Gasteiger partial charge >= 0.3 is 5.97 Å². The van der Waals surface area contributed by atoms with Crippen molar-refractivity contribution in [3.8, 4) is 10.4 Å². The molecule has 0 spiro atoms. The van der Waals surface area contributed by atoms with E-state index in [1.54, 1.807) is 12.5 Å². The first-order chi connectivity index (χ1) is 16.1. The van der Waals surface area contributed by atoms with Crippen LogP contribution in [0.4, 0.5) is 11.6 Å². The summed E-state index contributed by atoms with van der Waals surface area (Å²) < 4.78 is 1.94. The molecule has 0 aliphatic heterocycles. The Morgan fingerprint density at radius 2 is 2.00 bits per heavy atom. The fraction of sp³-hybridized carbons (Fsp3) is 0.520. The molecule has 0 bridgehead atoms. The normalized spacial score (nSPS) is 24.5. The minimum Gasteiger partial charge on any atom is -0.481 e. The first-order valence-electron chi connectivity index (χ1n) is 11.8. The Labute approximate surface area is 203 Å². The van der Waals surface area contributed by atoms with E-state index in [-0.39, 0.29) is 0 Å². The van der Waals surface area contributed by atoms with Crippen molar-refractivity contribution in [3.63, 3.8) is 0 Å². The smallest absolute Gasteiger partial charge is 0.307 e. The minimum absolute atomic E-state index is 0.375. The minimum atomic E-state index is -1.11. The summed E-state index contributed by atoms with van der Waals surface area (Å²) >= 11 is 1.47. The zero-order valence-electron chi connectivity index (χ0n) is 19.8. The molecule has 3 N–H and O–H groups in total. The fourth-order valence-electron chi connectivity index (χ4n) is 5.29. The number of rotatable bonds is 6.